The Morgan fingerprint density at radius 2 is 1.53 bits per heavy atom. The third kappa shape index (κ3) is 6.97. The maximum atomic E-state index is 11.8. The van der Waals surface area contributed by atoms with Gasteiger partial charge in [0.05, 0.1) is 31.3 Å². The summed E-state index contributed by atoms with van der Waals surface area (Å²) in [5.41, 5.74) is 0. The van der Waals surface area contributed by atoms with Gasteiger partial charge in [0, 0.05) is 5.92 Å². The van der Waals surface area contributed by atoms with Crippen LogP contribution >= 0.6 is 0 Å². The second kappa shape index (κ2) is 9.43. The highest BCUT2D eigenvalue weighted by Gasteiger charge is 2.46. The molecule has 1 aliphatic rings. The van der Waals surface area contributed by atoms with Crippen LogP contribution in [0.15, 0.2) is 0 Å². The van der Waals surface area contributed by atoms with E-state index in [4.69, 9.17) is 18.3 Å². The van der Waals surface area contributed by atoms with Crippen molar-refractivity contribution in [3.05, 3.63) is 0 Å². The van der Waals surface area contributed by atoms with Crippen LogP contribution < -0.4 is 0 Å². The molecule has 7 heteroatoms. The number of hydrogen-bond donors (Lipinski definition) is 0. The SMILES string of the molecule is C[C@@H]([C@@H]1OC(C)(C)OC[C@@H]1C=O)[C@H](CO[Si](C)(C)C(C)(C)C)O[Si](C)(C)C(C)(C)C. The van der Waals surface area contributed by atoms with Gasteiger partial charge in [-0.3, -0.25) is 0 Å². The van der Waals surface area contributed by atoms with E-state index in [0.29, 0.717) is 13.2 Å². The predicted molar refractivity (Wildman–Crippen MR) is 129 cm³/mol. The van der Waals surface area contributed by atoms with Crippen LogP contribution in [0.5, 0.6) is 0 Å². The maximum Gasteiger partial charge on any atom is 0.192 e. The van der Waals surface area contributed by atoms with Crippen LogP contribution in [-0.2, 0) is 23.1 Å². The third-order valence-corrected chi connectivity index (χ3v) is 16.4. The van der Waals surface area contributed by atoms with Gasteiger partial charge >= 0.3 is 0 Å². The van der Waals surface area contributed by atoms with Crippen LogP contribution in [-0.4, -0.2) is 54.1 Å². The van der Waals surface area contributed by atoms with Crippen molar-refractivity contribution in [3.63, 3.8) is 0 Å². The second-order valence-electron chi connectivity index (χ2n) is 12.4. The number of carbonyl (C=O) groups is 1. The molecule has 0 aromatic heterocycles. The van der Waals surface area contributed by atoms with Crippen molar-refractivity contribution in [1.82, 2.24) is 0 Å². The highest BCUT2D eigenvalue weighted by molar-refractivity contribution is 6.74. The molecule has 4 atom stereocenters. The van der Waals surface area contributed by atoms with Crippen molar-refractivity contribution < 1.29 is 23.1 Å². The molecule has 0 spiro atoms. The number of ether oxygens (including phenoxy) is 2. The lowest BCUT2D eigenvalue weighted by Gasteiger charge is -2.47. The molecule has 1 heterocycles. The van der Waals surface area contributed by atoms with Crippen LogP contribution in [0.1, 0.15) is 62.3 Å². The highest BCUT2D eigenvalue weighted by atomic mass is 28.4. The van der Waals surface area contributed by atoms with Crippen molar-refractivity contribution in [2.24, 2.45) is 11.8 Å². The molecule has 0 amide bonds. The van der Waals surface area contributed by atoms with E-state index >= 15 is 0 Å². The van der Waals surface area contributed by atoms with E-state index in [1.165, 1.54) is 0 Å². The minimum Gasteiger partial charge on any atom is -0.414 e. The Morgan fingerprint density at radius 1 is 1.03 bits per heavy atom. The van der Waals surface area contributed by atoms with Crippen molar-refractivity contribution >= 4 is 22.9 Å². The molecule has 0 aromatic rings. The van der Waals surface area contributed by atoms with Crippen molar-refractivity contribution in [2.45, 2.75) is 117 Å². The summed E-state index contributed by atoms with van der Waals surface area (Å²) in [6.07, 6.45) is 0.569. The fraction of sp³-hybridized carbons (Fsp3) is 0.957. The van der Waals surface area contributed by atoms with Gasteiger partial charge in [-0.15, -0.1) is 0 Å². The Balaban J connectivity index is 3.19. The van der Waals surface area contributed by atoms with E-state index < -0.39 is 22.4 Å². The Hall–Kier alpha value is -0.0562. The fourth-order valence-corrected chi connectivity index (χ4v) is 5.43. The molecule has 0 N–H and O–H groups in total. The Morgan fingerprint density at radius 3 is 1.97 bits per heavy atom. The first kappa shape index (κ1) is 28.0. The molecule has 1 rings (SSSR count). The monoisotopic (exact) mass is 460 g/mol. The molecule has 30 heavy (non-hydrogen) atoms. The lowest BCUT2D eigenvalue weighted by atomic mass is 9.88. The van der Waals surface area contributed by atoms with E-state index in [1.54, 1.807) is 0 Å². The smallest absolute Gasteiger partial charge is 0.192 e. The summed E-state index contributed by atoms with van der Waals surface area (Å²) in [6, 6.07) is 0. The van der Waals surface area contributed by atoms with Gasteiger partial charge in [-0.05, 0) is 50.1 Å². The van der Waals surface area contributed by atoms with E-state index in [2.05, 4.69) is 74.7 Å². The average molecular weight is 461 g/mol. The van der Waals surface area contributed by atoms with E-state index in [-0.39, 0.29) is 34.1 Å². The zero-order valence-corrected chi connectivity index (χ0v) is 23.8. The molecule has 0 aromatic carbocycles. The minimum absolute atomic E-state index is 0.00210. The molecule has 0 bridgehead atoms. The molecular formula is C23H48O5Si2. The molecular weight excluding hydrogens is 412 g/mol. The van der Waals surface area contributed by atoms with Gasteiger partial charge in [-0.2, -0.15) is 0 Å². The van der Waals surface area contributed by atoms with Gasteiger partial charge in [0.1, 0.15) is 6.29 Å². The lowest BCUT2D eigenvalue weighted by Crippen LogP contribution is -2.55. The number of hydrogen-bond acceptors (Lipinski definition) is 5. The van der Waals surface area contributed by atoms with E-state index in [0.717, 1.165) is 6.29 Å². The summed E-state index contributed by atoms with van der Waals surface area (Å²) in [5, 5.41) is 0.210. The molecule has 0 saturated carbocycles. The highest BCUT2D eigenvalue weighted by Crippen LogP contribution is 2.41. The molecule has 0 aliphatic carbocycles. The topological polar surface area (TPSA) is 54.0 Å². The molecule has 1 fully saturated rings. The summed E-state index contributed by atoms with van der Waals surface area (Å²) in [4.78, 5) is 11.8. The Kier molecular flexibility index (Phi) is 8.80. The summed E-state index contributed by atoms with van der Waals surface area (Å²) < 4.78 is 25.5. The largest absolute Gasteiger partial charge is 0.414 e. The van der Waals surface area contributed by atoms with E-state index in [9.17, 15) is 4.79 Å². The van der Waals surface area contributed by atoms with Crippen molar-refractivity contribution in [2.75, 3.05) is 13.2 Å². The first-order valence-corrected chi connectivity index (χ1v) is 17.1. The van der Waals surface area contributed by atoms with Crippen LogP contribution in [0.2, 0.25) is 36.3 Å². The van der Waals surface area contributed by atoms with Gasteiger partial charge in [-0.25, -0.2) is 0 Å². The van der Waals surface area contributed by atoms with Gasteiger partial charge in [-0.1, -0.05) is 48.5 Å². The molecule has 0 unspecified atom stereocenters. The average Bonchev–Trinajstić information content (AvgIpc) is 2.55. The fourth-order valence-electron chi connectivity index (χ4n) is 3.02. The second-order valence-corrected chi connectivity index (χ2v) is 22.0. The third-order valence-electron chi connectivity index (χ3n) is 7.41. The quantitative estimate of drug-likeness (QED) is 0.328. The van der Waals surface area contributed by atoms with Gasteiger partial charge in [0.15, 0.2) is 22.4 Å². The summed E-state index contributed by atoms with van der Waals surface area (Å²) in [7, 11) is -3.98. The van der Waals surface area contributed by atoms with Gasteiger partial charge in [0.25, 0.3) is 0 Å². The van der Waals surface area contributed by atoms with Crippen LogP contribution in [0.3, 0.4) is 0 Å². The molecule has 178 valence electrons. The molecule has 0 radical (unpaired) electrons. The van der Waals surface area contributed by atoms with Crippen molar-refractivity contribution in [1.29, 1.82) is 0 Å². The standard InChI is InChI=1S/C23H48O5Si2/c1-17(20-18(14-24)15-25-23(8,9)27-20)19(28-30(12,13)22(5,6)7)16-26-29(10,11)21(2,3)4/h14,17-20H,15-16H2,1-13H3/t17-,18+,19+,20+/m1/s1. The Labute approximate surface area is 187 Å². The zero-order chi connectivity index (χ0) is 23.8. The van der Waals surface area contributed by atoms with Crippen LogP contribution in [0.25, 0.3) is 0 Å². The predicted octanol–water partition coefficient (Wildman–Crippen LogP) is 6.00. The zero-order valence-electron chi connectivity index (χ0n) is 21.8. The summed E-state index contributed by atoms with van der Waals surface area (Å²) in [6.45, 7) is 29.4. The van der Waals surface area contributed by atoms with Crippen LogP contribution in [0, 0.1) is 11.8 Å². The van der Waals surface area contributed by atoms with Gasteiger partial charge in [0.2, 0.25) is 0 Å². The molecule has 1 saturated heterocycles. The molecule has 5 nitrogen and oxygen atoms in total. The maximum absolute atomic E-state index is 11.8. The number of carbonyl (C=O) groups excluding carboxylic acids is 1. The normalized spacial score (nSPS) is 25.6. The van der Waals surface area contributed by atoms with Gasteiger partial charge < -0.3 is 23.1 Å². The Bertz CT molecular complexity index is 575. The van der Waals surface area contributed by atoms with E-state index in [1.807, 2.05) is 13.8 Å². The molecule has 1 aliphatic heterocycles. The lowest BCUT2D eigenvalue weighted by molar-refractivity contribution is -0.299. The summed E-state index contributed by atoms with van der Waals surface area (Å²) in [5.74, 6) is -1.01. The number of aldehydes is 1. The number of rotatable bonds is 8. The van der Waals surface area contributed by atoms with Crippen LogP contribution in [0.4, 0.5) is 0 Å². The minimum atomic E-state index is -2.04. The van der Waals surface area contributed by atoms with Crippen molar-refractivity contribution in [3.8, 4) is 0 Å². The first-order valence-electron chi connectivity index (χ1n) is 11.3. The first-order chi connectivity index (χ1) is 13.2. The summed E-state index contributed by atoms with van der Waals surface area (Å²) >= 11 is 0.